The molecule has 0 radical (unpaired) electrons. The summed E-state index contributed by atoms with van der Waals surface area (Å²) in [5, 5.41) is 11.2. The molecule has 0 aliphatic heterocycles. The maximum Gasteiger partial charge on any atom is 0.306 e. The number of rotatable bonds is 4. The van der Waals surface area contributed by atoms with Gasteiger partial charge in [0.2, 0.25) is 0 Å². The first kappa shape index (κ1) is 17.0. The number of benzene rings is 2. The third-order valence-corrected chi connectivity index (χ3v) is 3.23. The highest BCUT2D eigenvalue weighted by molar-refractivity contribution is 5.95. The second-order valence-corrected chi connectivity index (χ2v) is 6.36. The normalized spacial score (nSPS) is 12.0. The van der Waals surface area contributed by atoms with E-state index in [4.69, 9.17) is 4.74 Å². The lowest BCUT2D eigenvalue weighted by molar-refractivity contribution is -0.154. The van der Waals surface area contributed by atoms with Crippen molar-refractivity contribution < 1.29 is 19.0 Å². The maximum absolute atomic E-state index is 14.1. The van der Waals surface area contributed by atoms with Gasteiger partial charge in [0.15, 0.2) is 0 Å². The second kappa shape index (κ2) is 6.82. The quantitative estimate of drug-likeness (QED) is 0.823. The van der Waals surface area contributed by atoms with E-state index in [2.05, 4.69) is 0 Å². The fraction of sp³-hybridized carbons (Fsp3) is 0.316. The van der Waals surface area contributed by atoms with E-state index in [1.54, 1.807) is 24.3 Å². The average Bonchev–Trinajstić information content (AvgIpc) is 2.44. The van der Waals surface area contributed by atoms with Crippen LogP contribution in [0, 0.1) is 5.82 Å². The molecular weight excluding hydrogens is 295 g/mol. The molecule has 0 saturated heterocycles. The summed E-state index contributed by atoms with van der Waals surface area (Å²) in [6, 6.07) is 8.05. The average molecular weight is 316 g/mol. The van der Waals surface area contributed by atoms with Crippen molar-refractivity contribution in [3.63, 3.8) is 0 Å². The zero-order valence-corrected chi connectivity index (χ0v) is 13.6. The number of allylic oxidation sites excluding steroid dienone is 1. The number of halogens is 1. The van der Waals surface area contributed by atoms with E-state index in [9.17, 15) is 14.3 Å². The molecule has 0 bridgehead atoms. The van der Waals surface area contributed by atoms with Gasteiger partial charge in [-0.05, 0) is 44.7 Å². The summed E-state index contributed by atoms with van der Waals surface area (Å²) in [6.07, 6.45) is 3.99. The van der Waals surface area contributed by atoms with Gasteiger partial charge < -0.3 is 9.84 Å². The highest BCUT2D eigenvalue weighted by atomic mass is 19.1. The van der Waals surface area contributed by atoms with Gasteiger partial charge in [0.05, 0.1) is 0 Å². The molecule has 1 N–H and O–H groups in total. The molecule has 0 atom stereocenters. The molecule has 23 heavy (non-hydrogen) atoms. The summed E-state index contributed by atoms with van der Waals surface area (Å²) >= 11 is 0. The molecule has 3 nitrogen and oxygen atoms in total. The lowest BCUT2D eigenvalue weighted by Crippen LogP contribution is -2.23. The number of hydrogen-bond donors (Lipinski definition) is 1. The summed E-state index contributed by atoms with van der Waals surface area (Å²) in [6.45, 7) is 5.44. The van der Waals surface area contributed by atoms with Crippen LogP contribution in [0.2, 0.25) is 0 Å². The fourth-order valence-electron chi connectivity index (χ4n) is 2.32. The zero-order valence-electron chi connectivity index (χ0n) is 13.6. The number of phenolic OH excluding ortho intramolecular Hbond substituents is 1. The number of ether oxygens (including phenoxy) is 1. The van der Waals surface area contributed by atoms with E-state index in [-0.39, 0.29) is 18.1 Å². The first-order chi connectivity index (χ1) is 10.8. The van der Waals surface area contributed by atoms with Crippen molar-refractivity contribution in [1.29, 1.82) is 0 Å². The Morgan fingerprint density at radius 1 is 1.26 bits per heavy atom. The van der Waals surface area contributed by atoms with Crippen molar-refractivity contribution in [2.45, 2.75) is 39.2 Å². The van der Waals surface area contributed by atoms with Crippen LogP contribution in [-0.4, -0.2) is 16.7 Å². The summed E-state index contributed by atoms with van der Waals surface area (Å²) in [4.78, 5) is 11.6. The van der Waals surface area contributed by atoms with Gasteiger partial charge in [0, 0.05) is 17.4 Å². The van der Waals surface area contributed by atoms with Crippen molar-refractivity contribution in [1.82, 2.24) is 0 Å². The second-order valence-electron chi connectivity index (χ2n) is 6.36. The van der Waals surface area contributed by atoms with Crippen LogP contribution in [0.3, 0.4) is 0 Å². The monoisotopic (exact) mass is 316 g/mol. The number of fused-ring (bicyclic) bond motifs is 1. The van der Waals surface area contributed by atoms with E-state index in [0.717, 1.165) is 5.39 Å². The van der Waals surface area contributed by atoms with Crippen LogP contribution in [0.5, 0.6) is 5.75 Å². The van der Waals surface area contributed by atoms with Gasteiger partial charge >= 0.3 is 5.97 Å². The highest BCUT2D eigenvalue weighted by Gasteiger charge is 2.15. The minimum Gasteiger partial charge on any atom is -0.507 e. The minimum atomic E-state index is -0.506. The molecule has 0 unspecified atom stereocenters. The molecule has 122 valence electrons. The molecule has 0 aromatic heterocycles. The Morgan fingerprint density at radius 3 is 2.70 bits per heavy atom. The molecule has 0 spiro atoms. The lowest BCUT2D eigenvalue weighted by Gasteiger charge is -2.19. The van der Waals surface area contributed by atoms with Crippen molar-refractivity contribution >= 4 is 22.8 Å². The summed E-state index contributed by atoms with van der Waals surface area (Å²) in [7, 11) is 0. The minimum absolute atomic E-state index is 0.0359. The predicted molar refractivity (Wildman–Crippen MR) is 89.7 cm³/mol. The third kappa shape index (κ3) is 4.55. The largest absolute Gasteiger partial charge is 0.507 e. The van der Waals surface area contributed by atoms with Gasteiger partial charge in [-0.3, -0.25) is 4.79 Å². The van der Waals surface area contributed by atoms with Crippen molar-refractivity contribution in [3.05, 3.63) is 47.8 Å². The Labute approximate surface area is 135 Å². The first-order valence-corrected chi connectivity index (χ1v) is 7.56. The fourth-order valence-corrected chi connectivity index (χ4v) is 2.32. The molecule has 0 saturated carbocycles. The first-order valence-electron chi connectivity index (χ1n) is 7.56. The Hall–Kier alpha value is -2.36. The number of hydrogen-bond acceptors (Lipinski definition) is 3. The van der Waals surface area contributed by atoms with E-state index < -0.39 is 11.4 Å². The van der Waals surface area contributed by atoms with Crippen LogP contribution in [0.1, 0.15) is 39.2 Å². The lowest BCUT2D eigenvalue weighted by atomic mass is 10.0. The van der Waals surface area contributed by atoms with E-state index in [0.29, 0.717) is 17.4 Å². The van der Waals surface area contributed by atoms with E-state index >= 15 is 0 Å². The number of esters is 1. The maximum atomic E-state index is 14.1. The van der Waals surface area contributed by atoms with Gasteiger partial charge in [-0.2, -0.15) is 0 Å². The molecule has 0 heterocycles. The number of carbonyl (C=O) groups is 1. The molecule has 0 aliphatic rings. The highest BCUT2D eigenvalue weighted by Crippen LogP contribution is 2.30. The van der Waals surface area contributed by atoms with Gasteiger partial charge in [0.25, 0.3) is 0 Å². The van der Waals surface area contributed by atoms with Gasteiger partial charge in [0.1, 0.15) is 17.2 Å². The predicted octanol–water partition coefficient (Wildman–Crippen LogP) is 4.82. The molecule has 0 aliphatic carbocycles. The third-order valence-electron chi connectivity index (χ3n) is 3.23. The van der Waals surface area contributed by atoms with Crippen LogP contribution in [0.15, 0.2) is 36.4 Å². The summed E-state index contributed by atoms with van der Waals surface area (Å²) in [5.41, 5.74) is -0.182. The van der Waals surface area contributed by atoms with Gasteiger partial charge in [-0.1, -0.05) is 30.4 Å². The topological polar surface area (TPSA) is 46.5 Å². The van der Waals surface area contributed by atoms with E-state index in [1.807, 2.05) is 26.8 Å². The molecule has 0 amide bonds. The molecule has 2 aromatic rings. The zero-order chi connectivity index (χ0) is 17.0. The van der Waals surface area contributed by atoms with Crippen molar-refractivity contribution in [3.8, 4) is 5.75 Å². The summed E-state index contributed by atoms with van der Waals surface area (Å²) < 4.78 is 19.3. The van der Waals surface area contributed by atoms with Crippen LogP contribution in [-0.2, 0) is 9.53 Å². The van der Waals surface area contributed by atoms with Crippen LogP contribution >= 0.6 is 0 Å². The SMILES string of the molecule is CC(C)(C)OC(=O)CC/C=C/c1c(F)ccc2cccc(O)c12. The molecule has 0 fully saturated rings. The number of carbonyl (C=O) groups excluding carboxylic acids is 1. The Balaban J connectivity index is 2.13. The number of aromatic hydroxyl groups is 1. The molecule has 4 heteroatoms. The van der Waals surface area contributed by atoms with Crippen molar-refractivity contribution in [2.75, 3.05) is 0 Å². The Bertz CT molecular complexity index is 742. The van der Waals surface area contributed by atoms with Gasteiger partial charge in [-0.15, -0.1) is 0 Å². The van der Waals surface area contributed by atoms with Crippen LogP contribution in [0.25, 0.3) is 16.8 Å². The Morgan fingerprint density at radius 2 is 2.00 bits per heavy atom. The summed E-state index contributed by atoms with van der Waals surface area (Å²) in [5.74, 6) is -0.662. The smallest absolute Gasteiger partial charge is 0.306 e. The number of phenols is 1. The van der Waals surface area contributed by atoms with Crippen molar-refractivity contribution in [2.24, 2.45) is 0 Å². The van der Waals surface area contributed by atoms with Crippen LogP contribution in [0.4, 0.5) is 4.39 Å². The standard InChI is InChI=1S/C19H21FO3/c1-19(2,3)23-17(22)10-5-4-8-14-15(20)12-11-13-7-6-9-16(21)18(13)14/h4,6-9,11-12,21H,5,10H2,1-3H3/b8-4+. The molecular formula is C19H21FO3. The molecule has 2 aromatic carbocycles. The van der Waals surface area contributed by atoms with E-state index in [1.165, 1.54) is 12.1 Å². The molecule has 2 rings (SSSR count). The Kier molecular flexibility index (Phi) is 5.04. The van der Waals surface area contributed by atoms with Crippen LogP contribution < -0.4 is 0 Å². The van der Waals surface area contributed by atoms with Gasteiger partial charge in [-0.25, -0.2) is 4.39 Å².